The van der Waals surface area contributed by atoms with Gasteiger partial charge in [0, 0.05) is 72.6 Å². The standard InChI is InChI=1S/C34H34Cl2N4O6/c35-25-7-4-8-26(36)29(25)34(19-28(42)23-5-2-1-3-6-23)24(32(43)44)20-40(17-18-41)31(30(34)33(45)46)39-15-13-38(14-16-39)27-21-37-11-9-22(27)10-12-37/h1-8,17,20,22,27H,9-16,19,21H2,(H,43,44)(H,45,46). The van der Waals surface area contributed by atoms with Crippen LogP contribution < -0.4 is 0 Å². The van der Waals surface area contributed by atoms with E-state index in [2.05, 4.69) is 9.80 Å². The maximum Gasteiger partial charge on any atom is 0.336 e. The lowest BCUT2D eigenvalue weighted by Gasteiger charge is -2.52. The zero-order valence-corrected chi connectivity index (χ0v) is 26.6. The molecule has 2 N–H and O–H groups in total. The number of benzene rings is 2. The molecule has 12 heteroatoms. The lowest BCUT2D eigenvalue weighted by molar-refractivity contribution is -0.134. The van der Waals surface area contributed by atoms with E-state index in [9.17, 15) is 29.4 Å². The van der Waals surface area contributed by atoms with Gasteiger partial charge in [-0.25, -0.2) is 14.4 Å². The van der Waals surface area contributed by atoms with Gasteiger partial charge in [-0.3, -0.25) is 14.6 Å². The van der Waals surface area contributed by atoms with Gasteiger partial charge in [-0.1, -0.05) is 59.6 Å². The normalized spacial score (nSPS) is 26.4. The summed E-state index contributed by atoms with van der Waals surface area (Å²) in [5, 5.41) is 21.7. The van der Waals surface area contributed by atoms with Crippen molar-refractivity contribution in [1.29, 1.82) is 0 Å². The van der Waals surface area contributed by atoms with Gasteiger partial charge in [0.15, 0.2) is 5.78 Å². The minimum atomic E-state index is -2.13. The lowest BCUT2D eigenvalue weighted by atomic mass is 9.63. The van der Waals surface area contributed by atoms with Crippen molar-refractivity contribution in [2.75, 3.05) is 45.8 Å². The maximum absolute atomic E-state index is 14.0. The molecule has 2 aromatic carbocycles. The van der Waals surface area contributed by atoms with E-state index in [4.69, 9.17) is 23.2 Å². The van der Waals surface area contributed by atoms with Crippen molar-refractivity contribution in [2.45, 2.75) is 30.7 Å². The molecule has 2 bridgehead atoms. The molecule has 0 spiro atoms. The van der Waals surface area contributed by atoms with E-state index in [-0.39, 0.29) is 27.0 Å². The summed E-state index contributed by atoms with van der Waals surface area (Å²) in [4.78, 5) is 60.5. The second-order valence-electron chi connectivity index (χ2n) is 12.2. The second kappa shape index (κ2) is 13.1. The molecule has 5 aliphatic heterocycles. The van der Waals surface area contributed by atoms with Gasteiger partial charge in [0.2, 0.25) is 0 Å². The maximum atomic E-state index is 14.0. The van der Waals surface area contributed by atoms with Crippen LogP contribution >= 0.6 is 23.2 Å². The molecule has 7 rings (SSSR count). The topological polar surface area (TPSA) is 122 Å². The molecular formula is C34H34Cl2N4O6. The first-order valence-corrected chi connectivity index (χ1v) is 16.1. The van der Waals surface area contributed by atoms with Crippen molar-refractivity contribution in [1.82, 2.24) is 19.6 Å². The number of piperidine rings is 3. The Labute approximate surface area is 276 Å². The van der Waals surface area contributed by atoms with Crippen LogP contribution in [-0.2, 0) is 19.8 Å². The highest BCUT2D eigenvalue weighted by molar-refractivity contribution is 6.36. The molecular weight excluding hydrogens is 631 g/mol. The summed E-state index contributed by atoms with van der Waals surface area (Å²) in [6, 6.07) is 13.2. The average Bonchev–Trinajstić information content (AvgIpc) is 3.06. The van der Waals surface area contributed by atoms with Gasteiger partial charge in [0.05, 0.1) is 22.8 Å². The highest BCUT2D eigenvalue weighted by atomic mass is 35.5. The lowest BCUT2D eigenvalue weighted by Crippen LogP contribution is -2.61. The van der Waals surface area contributed by atoms with Crippen molar-refractivity contribution in [2.24, 2.45) is 5.92 Å². The highest BCUT2D eigenvalue weighted by Crippen LogP contribution is 2.53. The van der Waals surface area contributed by atoms with E-state index in [1.54, 1.807) is 42.3 Å². The van der Waals surface area contributed by atoms with E-state index < -0.39 is 40.7 Å². The molecule has 0 aromatic heterocycles. The molecule has 4 fully saturated rings. The molecule has 0 radical (unpaired) electrons. The number of hydrogen-bond donors (Lipinski definition) is 2. The Balaban J connectivity index is 1.52. The number of carboxylic acids is 2. The van der Waals surface area contributed by atoms with E-state index in [1.165, 1.54) is 23.2 Å². The van der Waals surface area contributed by atoms with E-state index >= 15 is 0 Å². The molecule has 4 saturated heterocycles. The number of carboxylic acid groups (broad SMARTS) is 2. The third kappa shape index (κ3) is 5.65. The van der Waals surface area contributed by atoms with Gasteiger partial charge < -0.3 is 20.0 Å². The monoisotopic (exact) mass is 664 g/mol. The highest BCUT2D eigenvalue weighted by Gasteiger charge is 2.55. The van der Waals surface area contributed by atoms with Crippen LogP contribution in [-0.4, -0.2) is 105 Å². The molecule has 0 aliphatic carbocycles. The van der Waals surface area contributed by atoms with Crippen molar-refractivity contribution in [3.63, 3.8) is 0 Å². The summed E-state index contributed by atoms with van der Waals surface area (Å²) in [6.45, 7) is 5.35. The van der Waals surface area contributed by atoms with Crippen LogP contribution in [0, 0.1) is 5.92 Å². The summed E-state index contributed by atoms with van der Waals surface area (Å²) in [5.74, 6) is -1.09. The predicted octanol–water partition coefficient (Wildman–Crippen LogP) is 4.14. The van der Waals surface area contributed by atoms with Gasteiger partial charge in [-0.15, -0.1) is 0 Å². The number of aliphatic carboxylic acids is 2. The number of Topliss-reactive ketones (excluding diaryl/α,β-unsaturated/α-hetero) is 1. The first-order chi connectivity index (χ1) is 22.1. The van der Waals surface area contributed by atoms with Gasteiger partial charge in [0.25, 0.3) is 0 Å². The molecule has 2 atom stereocenters. The van der Waals surface area contributed by atoms with Crippen LogP contribution in [0.1, 0.15) is 35.2 Å². The average molecular weight is 666 g/mol. The third-order valence-electron chi connectivity index (χ3n) is 9.87. The summed E-state index contributed by atoms with van der Waals surface area (Å²) in [7, 11) is 0. The Hall–Kier alpha value is -3.92. The molecule has 5 heterocycles. The first-order valence-electron chi connectivity index (χ1n) is 15.3. The number of halogens is 2. The fourth-order valence-corrected chi connectivity index (χ4v) is 8.49. The van der Waals surface area contributed by atoms with Crippen molar-refractivity contribution in [3.8, 4) is 0 Å². The van der Waals surface area contributed by atoms with E-state index in [1.807, 2.05) is 4.90 Å². The zero-order chi connectivity index (χ0) is 32.6. The molecule has 0 amide bonds. The largest absolute Gasteiger partial charge is 0.478 e. The fourth-order valence-electron chi connectivity index (χ4n) is 7.77. The summed E-state index contributed by atoms with van der Waals surface area (Å²) >= 11 is 13.5. The third-order valence-corrected chi connectivity index (χ3v) is 10.5. The minimum absolute atomic E-state index is 0.00478. The smallest absolute Gasteiger partial charge is 0.336 e. The van der Waals surface area contributed by atoms with Crippen LogP contribution in [0.3, 0.4) is 0 Å². The number of nitrogens with zero attached hydrogens (tertiary/aromatic N) is 4. The summed E-state index contributed by atoms with van der Waals surface area (Å²) in [5.41, 5.74) is -2.75. The number of carbonyl (C=O) groups is 3. The van der Waals surface area contributed by atoms with Crippen molar-refractivity contribution in [3.05, 3.63) is 99.1 Å². The zero-order valence-electron chi connectivity index (χ0n) is 25.1. The number of hydrogen-bond acceptors (Lipinski definition) is 8. The molecule has 10 nitrogen and oxygen atoms in total. The SMILES string of the molecule is O=C=CN1C=C(C(=O)O)C(CC(=O)c2ccccc2)(c2c(Cl)cccc2Cl)C(C(=O)O)=C1N1CCN(C2CN3CCC2CC3)CC1. The Morgan fingerprint density at radius 2 is 1.54 bits per heavy atom. The number of fused-ring (bicyclic) bond motifs is 3. The van der Waals surface area contributed by atoms with Gasteiger partial charge in [-0.2, -0.15) is 0 Å². The van der Waals surface area contributed by atoms with Crippen LogP contribution in [0.15, 0.2) is 77.9 Å². The molecule has 46 heavy (non-hydrogen) atoms. The predicted molar refractivity (Wildman–Crippen MR) is 172 cm³/mol. The van der Waals surface area contributed by atoms with E-state index in [0.717, 1.165) is 38.7 Å². The van der Waals surface area contributed by atoms with Gasteiger partial charge in [0.1, 0.15) is 11.8 Å². The molecule has 5 aliphatic rings. The Kier molecular flexibility index (Phi) is 9.10. The van der Waals surface area contributed by atoms with Gasteiger partial charge >= 0.3 is 11.9 Å². The summed E-state index contributed by atoms with van der Waals surface area (Å²) in [6.07, 6.45) is 3.89. The first kappa shape index (κ1) is 32.0. The van der Waals surface area contributed by atoms with Crippen molar-refractivity contribution >= 4 is 46.9 Å². The van der Waals surface area contributed by atoms with Gasteiger partial charge in [-0.05, 0) is 44.0 Å². The Morgan fingerprint density at radius 3 is 2.09 bits per heavy atom. The number of carbonyl (C=O) groups excluding carboxylic acids is 2. The van der Waals surface area contributed by atoms with Crippen LogP contribution in [0.4, 0.5) is 0 Å². The van der Waals surface area contributed by atoms with Crippen LogP contribution in [0.25, 0.3) is 0 Å². The number of piperazine rings is 1. The Morgan fingerprint density at radius 1 is 0.891 bits per heavy atom. The minimum Gasteiger partial charge on any atom is -0.478 e. The quantitative estimate of drug-likeness (QED) is 0.299. The Bertz CT molecular complexity index is 1640. The van der Waals surface area contributed by atoms with Crippen molar-refractivity contribution < 1.29 is 29.4 Å². The summed E-state index contributed by atoms with van der Waals surface area (Å²) < 4.78 is 0. The van der Waals surface area contributed by atoms with E-state index in [0.29, 0.717) is 38.1 Å². The second-order valence-corrected chi connectivity index (χ2v) is 13.0. The molecule has 240 valence electrons. The van der Waals surface area contributed by atoms with Crippen LogP contribution in [0.2, 0.25) is 10.0 Å². The molecule has 0 saturated carbocycles. The molecule has 2 unspecified atom stereocenters. The molecule has 2 aromatic rings. The number of rotatable bonds is 9. The van der Waals surface area contributed by atoms with Crippen LogP contribution in [0.5, 0.6) is 0 Å². The number of ketones is 1. The fraction of sp³-hybridized carbons (Fsp3) is 0.382.